The lowest BCUT2D eigenvalue weighted by Gasteiger charge is -2.21. The first-order valence-corrected chi connectivity index (χ1v) is 14.1. The lowest BCUT2D eigenvalue weighted by Crippen LogP contribution is -2.50. The summed E-state index contributed by atoms with van der Waals surface area (Å²) in [6.07, 6.45) is 0.858. The molecule has 0 aliphatic heterocycles. The summed E-state index contributed by atoms with van der Waals surface area (Å²) < 4.78 is 11.6. The van der Waals surface area contributed by atoms with Crippen LogP contribution in [0, 0.1) is 6.92 Å². The number of carbonyl (C=O) groups excluding carboxylic acids is 2. The van der Waals surface area contributed by atoms with E-state index in [9.17, 15) is 9.59 Å². The number of benzene rings is 4. The molecule has 216 valence electrons. The van der Waals surface area contributed by atoms with Gasteiger partial charge in [-0.05, 0) is 73.0 Å². The van der Waals surface area contributed by atoms with Crippen LogP contribution in [0.3, 0.4) is 0 Å². The van der Waals surface area contributed by atoms with E-state index < -0.39 is 24.0 Å². The number of carbonyl (C=O) groups is 2. The maximum atomic E-state index is 13.1. The Morgan fingerprint density at radius 2 is 1.60 bits per heavy atom. The van der Waals surface area contributed by atoms with Crippen LogP contribution in [0.2, 0.25) is 10.0 Å². The van der Waals surface area contributed by atoms with E-state index in [0.717, 1.165) is 22.4 Å². The third-order valence-corrected chi connectivity index (χ3v) is 6.81. The SMILES string of the molecule is Cc1ccc(COc2ccc(/C=N\NC(=O)[C@H](Cc3ccccc3)NC(=O)[C@@H](C)Oc3ccc(Cl)cc3Cl)cc2)cc1. The number of hydrogen-bond donors (Lipinski definition) is 2. The molecule has 0 aliphatic rings. The van der Waals surface area contributed by atoms with Crippen molar-refractivity contribution in [2.75, 3.05) is 0 Å². The van der Waals surface area contributed by atoms with Crippen LogP contribution in [-0.4, -0.2) is 30.2 Å². The average molecular weight is 605 g/mol. The van der Waals surface area contributed by atoms with Crippen molar-refractivity contribution in [1.29, 1.82) is 0 Å². The van der Waals surface area contributed by atoms with Crippen LogP contribution in [0.5, 0.6) is 11.5 Å². The number of hydrogen-bond acceptors (Lipinski definition) is 5. The smallest absolute Gasteiger partial charge is 0.262 e. The van der Waals surface area contributed by atoms with E-state index in [1.165, 1.54) is 17.8 Å². The molecular weight excluding hydrogens is 573 g/mol. The van der Waals surface area contributed by atoms with Gasteiger partial charge in [0.25, 0.3) is 11.8 Å². The molecule has 0 heterocycles. The second-order valence-corrected chi connectivity index (χ2v) is 10.5. The van der Waals surface area contributed by atoms with Gasteiger partial charge in [-0.2, -0.15) is 5.10 Å². The Kier molecular flexibility index (Phi) is 11.0. The first kappa shape index (κ1) is 30.6. The van der Waals surface area contributed by atoms with Gasteiger partial charge in [0.2, 0.25) is 0 Å². The molecule has 42 heavy (non-hydrogen) atoms. The van der Waals surface area contributed by atoms with Gasteiger partial charge < -0.3 is 14.8 Å². The Morgan fingerprint density at radius 3 is 2.29 bits per heavy atom. The normalized spacial score (nSPS) is 12.4. The van der Waals surface area contributed by atoms with Gasteiger partial charge in [-0.3, -0.25) is 9.59 Å². The topological polar surface area (TPSA) is 89.0 Å². The highest BCUT2D eigenvalue weighted by molar-refractivity contribution is 6.35. The minimum atomic E-state index is -0.926. The van der Waals surface area contributed by atoms with Crippen LogP contribution in [0.1, 0.15) is 29.2 Å². The third-order valence-electron chi connectivity index (χ3n) is 6.28. The van der Waals surface area contributed by atoms with Gasteiger partial charge >= 0.3 is 0 Å². The van der Waals surface area contributed by atoms with E-state index >= 15 is 0 Å². The summed E-state index contributed by atoms with van der Waals surface area (Å²) in [5, 5.41) is 7.59. The van der Waals surface area contributed by atoms with Crippen molar-refractivity contribution < 1.29 is 19.1 Å². The highest BCUT2D eigenvalue weighted by Gasteiger charge is 2.25. The molecule has 0 unspecified atom stereocenters. The zero-order chi connectivity index (χ0) is 29.9. The lowest BCUT2D eigenvalue weighted by molar-refractivity contribution is -0.132. The summed E-state index contributed by atoms with van der Waals surface area (Å²) in [5.74, 6) is 0.0723. The number of nitrogens with one attached hydrogen (secondary N) is 2. The lowest BCUT2D eigenvalue weighted by atomic mass is 10.1. The number of amides is 2. The van der Waals surface area contributed by atoms with E-state index in [-0.39, 0.29) is 11.4 Å². The number of hydrazone groups is 1. The van der Waals surface area contributed by atoms with Gasteiger partial charge in [-0.1, -0.05) is 83.4 Å². The molecule has 0 saturated carbocycles. The molecule has 0 bridgehead atoms. The number of nitrogens with zero attached hydrogens (tertiary/aromatic N) is 1. The van der Waals surface area contributed by atoms with Crippen LogP contribution < -0.4 is 20.2 Å². The Hall–Kier alpha value is -4.33. The van der Waals surface area contributed by atoms with Crippen LogP contribution in [-0.2, 0) is 22.6 Å². The van der Waals surface area contributed by atoms with Gasteiger partial charge in [-0.25, -0.2) is 5.43 Å². The molecular formula is C33H31Cl2N3O4. The first-order chi connectivity index (χ1) is 20.3. The molecule has 9 heteroatoms. The highest BCUT2D eigenvalue weighted by Crippen LogP contribution is 2.28. The van der Waals surface area contributed by atoms with Crippen LogP contribution in [0.15, 0.2) is 102 Å². The van der Waals surface area contributed by atoms with Crippen molar-refractivity contribution in [1.82, 2.24) is 10.7 Å². The maximum Gasteiger partial charge on any atom is 0.262 e. The zero-order valence-corrected chi connectivity index (χ0v) is 24.7. The average Bonchev–Trinajstić information content (AvgIpc) is 2.99. The van der Waals surface area contributed by atoms with Crippen LogP contribution in [0.25, 0.3) is 0 Å². The van der Waals surface area contributed by atoms with Gasteiger partial charge in [-0.15, -0.1) is 0 Å². The van der Waals surface area contributed by atoms with Gasteiger partial charge in [0.1, 0.15) is 24.1 Å². The number of ether oxygens (including phenoxy) is 2. The molecule has 0 radical (unpaired) electrons. The molecule has 0 aromatic heterocycles. The summed E-state index contributed by atoms with van der Waals surface area (Å²) in [4.78, 5) is 26.1. The molecule has 4 rings (SSSR count). The molecule has 2 N–H and O–H groups in total. The van der Waals surface area contributed by atoms with E-state index in [1.807, 2.05) is 85.8 Å². The Morgan fingerprint density at radius 1 is 0.881 bits per heavy atom. The third kappa shape index (κ3) is 9.36. The molecule has 2 atom stereocenters. The molecule has 0 saturated heterocycles. The second kappa shape index (κ2) is 15.1. The summed E-state index contributed by atoms with van der Waals surface area (Å²) in [6, 6.07) is 28.7. The van der Waals surface area contributed by atoms with Crippen molar-refractivity contribution in [2.45, 2.75) is 39.0 Å². The van der Waals surface area contributed by atoms with Crippen molar-refractivity contribution in [3.8, 4) is 11.5 Å². The fourth-order valence-corrected chi connectivity index (χ4v) is 4.37. The van der Waals surface area contributed by atoms with Gasteiger partial charge in [0.15, 0.2) is 6.10 Å². The first-order valence-electron chi connectivity index (χ1n) is 13.3. The molecule has 0 fully saturated rings. The minimum absolute atomic E-state index is 0.259. The van der Waals surface area contributed by atoms with Crippen molar-refractivity contribution in [3.05, 3.63) is 129 Å². The highest BCUT2D eigenvalue weighted by atomic mass is 35.5. The fourth-order valence-electron chi connectivity index (χ4n) is 3.91. The molecule has 4 aromatic carbocycles. The minimum Gasteiger partial charge on any atom is -0.489 e. The summed E-state index contributed by atoms with van der Waals surface area (Å²) >= 11 is 12.1. The standard InChI is InChI=1S/C33H31Cl2N3O4/c1-22-8-10-26(11-9-22)21-41-28-15-12-25(13-16-28)20-36-38-33(40)30(18-24-6-4-3-5-7-24)37-32(39)23(2)42-31-17-14-27(34)19-29(31)35/h3-17,19-20,23,30H,18,21H2,1-2H3,(H,37,39)(H,38,40)/b36-20-/t23-,30+/m1/s1. The molecule has 0 spiro atoms. The largest absolute Gasteiger partial charge is 0.489 e. The van der Waals surface area contributed by atoms with E-state index in [2.05, 4.69) is 15.8 Å². The Bertz CT molecular complexity index is 1510. The summed E-state index contributed by atoms with van der Waals surface area (Å²) in [5.41, 5.74) is 6.46. The molecule has 4 aromatic rings. The molecule has 0 aliphatic carbocycles. The van der Waals surface area contributed by atoms with Crippen molar-refractivity contribution in [2.24, 2.45) is 5.10 Å². The van der Waals surface area contributed by atoms with Crippen LogP contribution >= 0.6 is 23.2 Å². The summed E-state index contributed by atoms with van der Waals surface area (Å²) in [7, 11) is 0. The molecule has 2 amide bonds. The number of halogens is 2. The quantitative estimate of drug-likeness (QED) is 0.142. The number of rotatable bonds is 12. The predicted octanol–water partition coefficient (Wildman–Crippen LogP) is 6.53. The van der Waals surface area contributed by atoms with Crippen LogP contribution in [0.4, 0.5) is 0 Å². The van der Waals surface area contributed by atoms with E-state index in [1.54, 1.807) is 19.1 Å². The van der Waals surface area contributed by atoms with Crippen molar-refractivity contribution in [3.63, 3.8) is 0 Å². The van der Waals surface area contributed by atoms with E-state index in [0.29, 0.717) is 17.4 Å². The monoisotopic (exact) mass is 603 g/mol. The Labute approximate surface area is 255 Å². The van der Waals surface area contributed by atoms with Gasteiger partial charge in [0, 0.05) is 11.4 Å². The second-order valence-electron chi connectivity index (χ2n) is 9.66. The predicted molar refractivity (Wildman–Crippen MR) is 166 cm³/mol. The van der Waals surface area contributed by atoms with Crippen molar-refractivity contribution >= 4 is 41.2 Å². The number of aryl methyl sites for hydroxylation is 1. The van der Waals surface area contributed by atoms with E-state index in [4.69, 9.17) is 32.7 Å². The van der Waals surface area contributed by atoms with Gasteiger partial charge in [0.05, 0.1) is 11.2 Å². The maximum absolute atomic E-state index is 13.1. The zero-order valence-electron chi connectivity index (χ0n) is 23.2. The summed E-state index contributed by atoms with van der Waals surface area (Å²) in [6.45, 7) is 4.09. The Balaban J connectivity index is 1.35. The molecule has 7 nitrogen and oxygen atoms in total. The fraction of sp³-hybridized carbons (Fsp3) is 0.182.